The van der Waals surface area contributed by atoms with E-state index in [2.05, 4.69) is 138 Å². The Morgan fingerprint density at radius 3 is 2.10 bits per heavy atom. The van der Waals surface area contributed by atoms with Gasteiger partial charge in [0.1, 0.15) is 17.3 Å². The van der Waals surface area contributed by atoms with E-state index in [1.165, 1.54) is 44.6 Å². The van der Waals surface area contributed by atoms with Crippen molar-refractivity contribution in [3.05, 3.63) is 120 Å². The maximum absolute atomic E-state index is 6.55. The van der Waals surface area contributed by atoms with E-state index in [4.69, 9.17) is 14.8 Å². The highest BCUT2D eigenvalue weighted by Crippen LogP contribution is 2.45. The molecule has 7 nitrogen and oxygen atoms in total. The summed E-state index contributed by atoms with van der Waals surface area (Å²) in [5, 5.41) is 7.18. The summed E-state index contributed by atoms with van der Waals surface area (Å²) in [6, 6.07) is 27.2. The highest BCUT2D eigenvalue weighted by Gasteiger charge is 2.23. The van der Waals surface area contributed by atoms with Crippen LogP contribution in [-0.2, 0) is 0 Å². The molecular formula is C42H44N6O. The van der Waals surface area contributed by atoms with Gasteiger partial charge in [-0.1, -0.05) is 38.1 Å². The predicted molar refractivity (Wildman–Crippen MR) is 205 cm³/mol. The van der Waals surface area contributed by atoms with Crippen molar-refractivity contribution in [3.63, 3.8) is 0 Å². The topological polar surface area (TPSA) is 51.4 Å². The van der Waals surface area contributed by atoms with E-state index in [1.807, 2.05) is 41.3 Å². The quantitative estimate of drug-likeness (QED) is 0.164. The number of nitrogens with zero attached hydrogens (tertiary/aromatic N) is 6. The molecule has 0 saturated carbocycles. The summed E-state index contributed by atoms with van der Waals surface area (Å²) in [5.74, 6) is 2.80. The zero-order valence-electron chi connectivity index (χ0n) is 29.9. The normalized spacial score (nSPS) is 11.6. The molecule has 0 spiro atoms. The molecule has 0 atom stereocenters. The van der Waals surface area contributed by atoms with Gasteiger partial charge >= 0.3 is 0 Å². The van der Waals surface area contributed by atoms with E-state index in [1.54, 1.807) is 0 Å². The molecule has 49 heavy (non-hydrogen) atoms. The predicted octanol–water partition coefficient (Wildman–Crippen LogP) is 10.0. The summed E-state index contributed by atoms with van der Waals surface area (Å²) in [5.41, 5.74) is 12.9. The molecule has 0 saturated heterocycles. The Morgan fingerprint density at radius 2 is 1.39 bits per heavy atom. The third-order valence-electron chi connectivity index (χ3n) is 9.70. The molecule has 0 fully saturated rings. The summed E-state index contributed by atoms with van der Waals surface area (Å²) in [4.78, 5) is 9.22. The van der Waals surface area contributed by atoms with Crippen LogP contribution in [0.15, 0.2) is 97.5 Å². The Kier molecular flexibility index (Phi) is 8.15. The first kappa shape index (κ1) is 32.0. The molecule has 248 valence electrons. The Morgan fingerprint density at radius 1 is 0.694 bits per heavy atom. The fraction of sp³-hybridized carbons (Fsp3) is 0.238. The van der Waals surface area contributed by atoms with Gasteiger partial charge in [0.05, 0.1) is 22.9 Å². The van der Waals surface area contributed by atoms with Crippen LogP contribution in [0.5, 0.6) is 11.5 Å². The molecule has 0 N–H and O–H groups in total. The lowest BCUT2D eigenvalue weighted by molar-refractivity contribution is 0.483. The SMILES string of the molecule is Cc1c(C)c(N(C)C)c(-c2cnn(-c3cccc(Oc4ccc5c6ccccc6n(-c6cc(C(C)C)ccn6)c5c4)c3)c2)c(N(C)C)c1C. The van der Waals surface area contributed by atoms with Gasteiger partial charge in [0.15, 0.2) is 0 Å². The average molecular weight is 649 g/mol. The van der Waals surface area contributed by atoms with Crippen molar-refractivity contribution >= 4 is 33.2 Å². The van der Waals surface area contributed by atoms with Gasteiger partial charge in [-0.2, -0.15) is 5.10 Å². The lowest BCUT2D eigenvalue weighted by Crippen LogP contribution is -2.18. The van der Waals surface area contributed by atoms with Crippen molar-refractivity contribution in [1.29, 1.82) is 0 Å². The molecule has 0 amide bonds. The minimum absolute atomic E-state index is 0.405. The zero-order chi connectivity index (χ0) is 34.6. The van der Waals surface area contributed by atoms with Crippen LogP contribution in [0, 0.1) is 20.8 Å². The highest BCUT2D eigenvalue weighted by molar-refractivity contribution is 6.09. The van der Waals surface area contributed by atoms with Gasteiger partial charge in [-0.15, -0.1) is 0 Å². The monoisotopic (exact) mass is 648 g/mol. The van der Waals surface area contributed by atoms with Crippen molar-refractivity contribution in [1.82, 2.24) is 19.3 Å². The van der Waals surface area contributed by atoms with Gasteiger partial charge in [0.25, 0.3) is 0 Å². The summed E-state index contributed by atoms with van der Waals surface area (Å²) in [6.45, 7) is 11.1. The molecule has 3 heterocycles. The molecule has 7 aromatic rings. The van der Waals surface area contributed by atoms with Crippen molar-refractivity contribution in [2.45, 2.75) is 40.5 Å². The molecule has 0 unspecified atom stereocenters. The summed E-state index contributed by atoms with van der Waals surface area (Å²) in [6.07, 6.45) is 5.99. The van der Waals surface area contributed by atoms with Gasteiger partial charge in [0, 0.05) is 86.0 Å². The molecule has 3 aromatic heterocycles. The third kappa shape index (κ3) is 5.59. The van der Waals surface area contributed by atoms with Crippen LogP contribution in [0.3, 0.4) is 0 Å². The number of ether oxygens (including phenoxy) is 1. The van der Waals surface area contributed by atoms with Crippen molar-refractivity contribution < 1.29 is 4.74 Å². The Balaban J connectivity index is 1.27. The number of pyridine rings is 1. The largest absolute Gasteiger partial charge is 0.457 e. The van der Waals surface area contributed by atoms with Crippen LogP contribution in [0.25, 0.3) is 44.4 Å². The van der Waals surface area contributed by atoms with Gasteiger partial charge < -0.3 is 14.5 Å². The Labute approximate surface area is 289 Å². The third-order valence-corrected chi connectivity index (χ3v) is 9.70. The van der Waals surface area contributed by atoms with Crippen LogP contribution in [-0.4, -0.2) is 47.5 Å². The van der Waals surface area contributed by atoms with E-state index < -0.39 is 0 Å². The molecule has 0 radical (unpaired) electrons. The minimum Gasteiger partial charge on any atom is -0.457 e. The Bertz CT molecular complexity index is 2310. The second kappa shape index (κ2) is 12.5. The smallest absolute Gasteiger partial charge is 0.137 e. The van der Waals surface area contributed by atoms with Gasteiger partial charge in [-0.3, -0.25) is 4.57 Å². The number of benzene rings is 4. The number of anilines is 2. The Hall–Kier alpha value is -5.56. The molecule has 7 rings (SSSR count). The van der Waals surface area contributed by atoms with E-state index in [0.29, 0.717) is 5.92 Å². The molecule has 0 aliphatic carbocycles. The summed E-state index contributed by atoms with van der Waals surface area (Å²) >= 11 is 0. The van der Waals surface area contributed by atoms with Crippen molar-refractivity contribution in [2.24, 2.45) is 0 Å². The lowest BCUT2D eigenvalue weighted by Gasteiger charge is -2.29. The highest BCUT2D eigenvalue weighted by atomic mass is 16.5. The molecule has 7 heteroatoms. The second-order valence-electron chi connectivity index (χ2n) is 13.6. The standard InChI is InChI=1S/C42H44N6O/c1-26(2)30-19-20-43-39(21-30)48-37-16-11-10-15-35(37)36-18-17-34(23-38(36)48)49-33-14-12-13-32(22-33)47-25-31(24-44-47)40-41(45(6)7)28(4)27(3)29(5)42(40)46(8)9/h10-26H,1-9H3. The minimum atomic E-state index is 0.405. The van der Waals surface area contributed by atoms with Crippen LogP contribution < -0.4 is 14.5 Å². The van der Waals surface area contributed by atoms with Gasteiger partial charge in [-0.05, 0) is 91.4 Å². The molecule has 0 aliphatic rings. The summed E-state index contributed by atoms with van der Waals surface area (Å²) in [7, 11) is 8.45. The van der Waals surface area contributed by atoms with Gasteiger partial charge in [0.2, 0.25) is 0 Å². The first-order valence-corrected chi connectivity index (χ1v) is 16.8. The number of hydrogen-bond donors (Lipinski definition) is 0. The van der Waals surface area contributed by atoms with E-state index in [9.17, 15) is 0 Å². The van der Waals surface area contributed by atoms with Crippen LogP contribution in [0.2, 0.25) is 0 Å². The number of hydrogen-bond acceptors (Lipinski definition) is 5. The maximum Gasteiger partial charge on any atom is 0.137 e. The molecule has 0 aliphatic heterocycles. The van der Waals surface area contributed by atoms with Gasteiger partial charge in [-0.25, -0.2) is 9.67 Å². The second-order valence-corrected chi connectivity index (χ2v) is 13.6. The lowest BCUT2D eigenvalue weighted by atomic mass is 9.91. The summed E-state index contributed by atoms with van der Waals surface area (Å²) < 4.78 is 10.7. The molecule has 4 aromatic carbocycles. The maximum atomic E-state index is 6.55. The molecular weight excluding hydrogens is 605 g/mol. The first-order valence-electron chi connectivity index (χ1n) is 16.8. The van der Waals surface area contributed by atoms with Crippen LogP contribution in [0.1, 0.15) is 42.0 Å². The van der Waals surface area contributed by atoms with Crippen LogP contribution in [0.4, 0.5) is 11.4 Å². The number of fused-ring (bicyclic) bond motifs is 3. The number of para-hydroxylation sites is 1. The number of rotatable bonds is 8. The zero-order valence-corrected chi connectivity index (χ0v) is 29.9. The fourth-order valence-electron chi connectivity index (χ4n) is 7.11. The van der Waals surface area contributed by atoms with E-state index in [-0.39, 0.29) is 0 Å². The number of aromatic nitrogens is 4. The van der Waals surface area contributed by atoms with E-state index >= 15 is 0 Å². The van der Waals surface area contributed by atoms with E-state index in [0.717, 1.165) is 45.0 Å². The van der Waals surface area contributed by atoms with Crippen molar-refractivity contribution in [3.8, 4) is 34.1 Å². The molecule has 0 bridgehead atoms. The fourth-order valence-corrected chi connectivity index (χ4v) is 7.11. The van der Waals surface area contributed by atoms with Crippen molar-refractivity contribution in [2.75, 3.05) is 38.0 Å². The van der Waals surface area contributed by atoms with Crippen LogP contribution >= 0.6 is 0 Å². The first-order chi connectivity index (χ1) is 23.5. The average Bonchev–Trinajstić information content (AvgIpc) is 3.70.